The molecule has 1 aliphatic heterocycles. The number of aliphatic hydroxyl groups is 1. The molecule has 5 aromatic rings. The molecule has 0 radical (unpaired) electrons. The minimum Gasteiger partial charge on any atom is -0.507 e. The van der Waals surface area contributed by atoms with Crippen LogP contribution in [0.25, 0.3) is 21.5 Å². The van der Waals surface area contributed by atoms with E-state index in [9.17, 15) is 9.90 Å². The van der Waals surface area contributed by atoms with Gasteiger partial charge in [-0.05, 0) is 66.6 Å². The summed E-state index contributed by atoms with van der Waals surface area (Å²) >= 11 is 1.71. The van der Waals surface area contributed by atoms with E-state index in [1.54, 1.807) is 35.7 Å². The van der Waals surface area contributed by atoms with Crippen LogP contribution in [-0.4, -0.2) is 62.0 Å². The van der Waals surface area contributed by atoms with Crippen LogP contribution in [0.3, 0.4) is 0 Å². The maximum absolute atomic E-state index is 11.4. The number of para-hydroxylation sites is 1. The van der Waals surface area contributed by atoms with Gasteiger partial charge < -0.3 is 29.2 Å². The van der Waals surface area contributed by atoms with Crippen LogP contribution in [0.5, 0.6) is 17.6 Å². The molecular weight excluding hydrogens is 568 g/mol. The molecule has 43 heavy (non-hydrogen) atoms. The van der Waals surface area contributed by atoms with Gasteiger partial charge in [-0.3, -0.25) is 0 Å². The number of ether oxygens (including phenoxy) is 1. The average molecular weight is 603 g/mol. The lowest BCUT2D eigenvalue weighted by atomic mass is 9.92. The Morgan fingerprint density at radius 3 is 2.60 bits per heavy atom. The van der Waals surface area contributed by atoms with Crippen molar-refractivity contribution < 1.29 is 24.3 Å². The molecule has 0 saturated carbocycles. The minimum atomic E-state index is -0.385. The maximum Gasteiger partial charge on any atom is 0.325 e. The zero-order valence-corrected chi connectivity index (χ0v) is 25.3. The molecule has 0 spiro atoms. The monoisotopic (exact) mass is 602 g/mol. The fourth-order valence-corrected chi connectivity index (χ4v) is 6.58. The van der Waals surface area contributed by atoms with Gasteiger partial charge >= 0.3 is 6.01 Å². The molecule has 0 amide bonds. The van der Waals surface area contributed by atoms with E-state index in [1.165, 1.54) is 10.4 Å². The quantitative estimate of drug-likeness (QED) is 0.205. The molecule has 6 rings (SSSR count). The zero-order chi connectivity index (χ0) is 30.5. The third-order valence-electron chi connectivity index (χ3n) is 7.62. The summed E-state index contributed by atoms with van der Waals surface area (Å²) in [4.78, 5) is 24.7. The molecule has 1 saturated heterocycles. The Kier molecular flexibility index (Phi) is 9.27. The Labute approximate surface area is 253 Å². The summed E-state index contributed by atoms with van der Waals surface area (Å²) < 4.78 is 11.1. The number of carbonyl (C=O) groups excluding carboxylic acids is 1. The second-order valence-electron chi connectivity index (χ2n) is 10.6. The number of aldehydes is 1. The number of aryl methyl sites for hydroxylation is 1. The van der Waals surface area contributed by atoms with Crippen LogP contribution in [0.4, 0.5) is 5.82 Å². The van der Waals surface area contributed by atoms with E-state index >= 15 is 0 Å². The number of aliphatic hydroxyl groups excluding tert-OH is 1. The topological polar surface area (TPSA) is 148 Å². The number of aromatic hydroxyl groups is 1. The summed E-state index contributed by atoms with van der Waals surface area (Å²) in [5, 5.41) is 31.2. The molecule has 12 heteroatoms. The predicted octanol–water partition coefficient (Wildman–Crippen LogP) is 5.87. The van der Waals surface area contributed by atoms with Crippen molar-refractivity contribution in [3.63, 3.8) is 0 Å². The molecule has 4 aromatic heterocycles. The Balaban J connectivity index is 0.00000180. The van der Waals surface area contributed by atoms with Gasteiger partial charge in [-0.2, -0.15) is 4.98 Å². The van der Waals surface area contributed by atoms with Gasteiger partial charge in [-0.15, -0.1) is 21.5 Å². The van der Waals surface area contributed by atoms with E-state index in [0.717, 1.165) is 55.4 Å². The minimum absolute atomic E-state index is 0.0846. The highest BCUT2D eigenvalue weighted by Gasteiger charge is 2.26. The van der Waals surface area contributed by atoms with Crippen molar-refractivity contribution in [1.82, 2.24) is 25.3 Å². The first-order chi connectivity index (χ1) is 20.9. The summed E-state index contributed by atoms with van der Waals surface area (Å²) in [7, 11) is 1.00. The third kappa shape index (κ3) is 6.35. The number of anilines is 1. The van der Waals surface area contributed by atoms with Gasteiger partial charge in [0.25, 0.3) is 5.88 Å². The number of aromatic nitrogens is 5. The molecule has 2 N–H and O–H groups in total. The summed E-state index contributed by atoms with van der Waals surface area (Å²) in [6.07, 6.45) is 4.48. The maximum atomic E-state index is 11.4. The molecule has 1 unspecified atom stereocenters. The van der Waals surface area contributed by atoms with E-state index in [-0.39, 0.29) is 29.5 Å². The smallest absolute Gasteiger partial charge is 0.325 e. The summed E-state index contributed by atoms with van der Waals surface area (Å²) in [5.41, 5.74) is 2.58. The number of benzene rings is 1. The van der Waals surface area contributed by atoms with Gasteiger partial charge in [-0.1, -0.05) is 26.0 Å². The molecule has 1 fully saturated rings. The number of hydrogen-bond donors (Lipinski definition) is 2. The average Bonchev–Trinajstić information content (AvgIpc) is 3.62. The molecular formula is C31H34N6O5S. The number of rotatable bonds is 8. The van der Waals surface area contributed by atoms with Gasteiger partial charge in [-0.25, -0.2) is 4.98 Å². The van der Waals surface area contributed by atoms with Gasteiger partial charge in [0.05, 0.1) is 11.6 Å². The number of fused-ring (bicyclic) bond motifs is 1. The van der Waals surface area contributed by atoms with Crippen molar-refractivity contribution >= 4 is 33.7 Å². The molecule has 0 bridgehead atoms. The number of piperidine rings is 1. The predicted molar refractivity (Wildman–Crippen MR) is 164 cm³/mol. The molecule has 0 aliphatic carbocycles. The van der Waals surface area contributed by atoms with Crippen molar-refractivity contribution in [2.75, 3.05) is 25.1 Å². The fraction of sp³-hybridized carbons (Fsp3) is 0.355. The molecule has 11 nitrogen and oxygen atoms in total. The molecule has 1 aliphatic rings. The number of phenolic OH excluding ortho intramolecular Hbond substituents is 1. The summed E-state index contributed by atoms with van der Waals surface area (Å²) in [6.45, 7) is 7.73. The van der Waals surface area contributed by atoms with Crippen LogP contribution in [0.15, 0.2) is 53.2 Å². The molecule has 1 aromatic carbocycles. The lowest BCUT2D eigenvalue weighted by Crippen LogP contribution is -2.33. The first-order valence-corrected chi connectivity index (χ1v) is 14.9. The molecule has 224 valence electrons. The zero-order valence-electron chi connectivity index (χ0n) is 24.5. The lowest BCUT2D eigenvalue weighted by Gasteiger charge is -2.32. The first kappa shape index (κ1) is 30.1. The normalized spacial score (nSPS) is 14.4. The number of phenols is 1. The van der Waals surface area contributed by atoms with Gasteiger partial charge in [0, 0.05) is 48.3 Å². The Bertz CT molecular complexity index is 1700. The largest absolute Gasteiger partial charge is 0.507 e. The van der Waals surface area contributed by atoms with Crippen molar-refractivity contribution in [3.05, 3.63) is 64.9 Å². The first-order valence-electron chi connectivity index (χ1n) is 14.1. The fourth-order valence-electron chi connectivity index (χ4n) is 5.30. The van der Waals surface area contributed by atoms with Crippen LogP contribution >= 0.6 is 11.3 Å². The highest BCUT2D eigenvalue weighted by atomic mass is 32.1. The van der Waals surface area contributed by atoms with Crippen molar-refractivity contribution in [2.45, 2.75) is 45.4 Å². The van der Waals surface area contributed by atoms with Crippen LogP contribution in [0.1, 0.15) is 54.7 Å². The van der Waals surface area contributed by atoms with Crippen LogP contribution in [0.2, 0.25) is 0 Å². The van der Waals surface area contributed by atoms with Crippen molar-refractivity contribution in [2.24, 2.45) is 5.92 Å². The highest BCUT2D eigenvalue weighted by molar-refractivity contribution is 7.18. The van der Waals surface area contributed by atoms with Crippen LogP contribution in [-0.2, 0) is 4.79 Å². The second kappa shape index (κ2) is 13.3. The van der Waals surface area contributed by atoms with Gasteiger partial charge in [0.2, 0.25) is 0 Å². The van der Waals surface area contributed by atoms with Crippen LogP contribution < -0.4 is 9.64 Å². The Morgan fingerprint density at radius 2 is 1.88 bits per heavy atom. The SMILES string of the molecule is CO.Cc1c(C2CCN(c3ccnc(Oc4cc(C(C=O)C(C)C)on4)n3)CC2)sc2nnc(-c3ccccc3O)cc12. The Morgan fingerprint density at radius 1 is 1.12 bits per heavy atom. The van der Waals surface area contributed by atoms with E-state index in [0.29, 0.717) is 22.9 Å². The van der Waals surface area contributed by atoms with Gasteiger partial charge in [0.1, 0.15) is 22.7 Å². The second-order valence-corrected chi connectivity index (χ2v) is 11.6. The molecule has 1 atom stereocenters. The number of nitrogens with zero attached hydrogens (tertiary/aromatic N) is 6. The standard InChI is InChI=1S/C30H30N6O4S.CH4O/c1-17(2)22(16-37)25-15-27(35-40-25)39-30-31-11-8-26(32-30)36-12-9-19(10-13-36)28-18(3)21-14-23(33-34-29(21)41-28)20-6-4-5-7-24(20)38;1-2/h4-8,11,14-17,19,22,38H,9-10,12-13H2,1-3H3;2H,1H3. The van der Waals surface area contributed by atoms with E-state index < -0.39 is 0 Å². The summed E-state index contributed by atoms with van der Waals surface area (Å²) in [6, 6.07) is 12.9. The van der Waals surface area contributed by atoms with Gasteiger partial charge in [0.15, 0.2) is 5.76 Å². The lowest BCUT2D eigenvalue weighted by molar-refractivity contribution is -0.110. The molecule has 5 heterocycles. The highest BCUT2D eigenvalue weighted by Crippen LogP contribution is 2.41. The Hall–Kier alpha value is -4.42. The number of thiophene rings is 1. The van der Waals surface area contributed by atoms with Crippen molar-refractivity contribution in [3.8, 4) is 28.9 Å². The van der Waals surface area contributed by atoms with E-state index in [2.05, 4.69) is 37.1 Å². The van der Waals surface area contributed by atoms with Crippen molar-refractivity contribution in [1.29, 1.82) is 0 Å². The number of carbonyl (C=O) groups is 1. The number of hydrogen-bond acceptors (Lipinski definition) is 12. The summed E-state index contributed by atoms with van der Waals surface area (Å²) in [5.74, 6) is 1.78. The van der Waals surface area contributed by atoms with Crippen LogP contribution in [0, 0.1) is 12.8 Å². The third-order valence-corrected chi connectivity index (χ3v) is 8.98. The van der Waals surface area contributed by atoms with E-state index in [1.807, 2.05) is 38.1 Å². The van der Waals surface area contributed by atoms with E-state index in [4.69, 9.17) is 14.4 Å².